The molecule has 50 heavy (non-hydrogen) atoms. The molecule has 11 nitrogen and oxygen atoms in total. The van der Waals surface area contributed by atoms with E-state index in [1.54, 1.807) is 81.4 Å². The van der Waals surface area contributed by atoms with Crippen LogP contribution in [0.15, 0.2) is 75.7 Å². The van der Waals surface area contributed by atoms with Crippen molar-refractivity contribution < 1.29 is 38.0 Å². The van der Waals surface area contributed by atoms with Crippen molar-refractivity contribution in [2.45, 2.75) is 33.4 Å². The van der Waals surface area contributed by atoms with Gasteiger partial charge in [0.2, 0.25) is 0 Å². The van der Waals surface area contributed by atoms with Gasteiger partial charge in [-0.2, -0.15) is 0 Å². The third kappa shape index (κ3) is 7.83. The molecule has 5 rings (SSSR count). The highest BCUT2D eigenvalue weighted by molar-refractivity contribution is 7.07. The van der Waals surface area contributed by atoms with Gasteiger partial charge >= 0.3 is 11.9 Å². The minimum Gasteiger partial charge on any atom is -0.493 e. The molecule has 2 heterocycles. The van der Waals surface area contributed by atoms with E-state index in [2.05, 4.69) is 9.73 Å². The highest BCUT2D eigenvalue weighted by Gasteiger charge is 2.34. The van der Waals surface area contributed by atoms with E-state index in [-0.39, 0.29) is 32.0 Å². The van der Waals surface area contributed by atoms with Crippen LogP contribution in [0.5, 0.6) is 23.0 Å². The van der Waals surface area contributed by atoms with Crippen LogP contribution in [0.4, 0.5) is 0 Å². The summed E-state index contributed by atoms with van der Waals surface area (Å²) in [5.74, 6) is 0.305. The number of thiazole rings is 1. The molecule has 0 saturated heterocycles. The molecule has 1 aliphatic heterocycles. The monoisotopic (exact) mass is 740 g/mol. The Balaban J connectivity index is 1.63. The lowest BCUT2D eigenvalue weighted by molar-refractivity contribution is -0.143. The van der Waals surface area contributed by atoms with Crippen LogP contribution in [0, 0.1) is 0 Å². The van der Waals surface area contributed by atoms with Crippen molar-refractivity contribution in [2.24, 2.45) is 4.99 Å². The molecule has 14 heteroatoms. The zero-order chi connectivity index (χ0) is 35.9. The van der Waals surface area contributed by atoms with Crippen LogP contribution in [-0.2, 0) is 25.7 Å². The van der Waals surface area contributed by atoms with Gasteiger partial charge in [0, 0.05) is 5.56 Å². The number of rotatable bonds is 13. The average molecular weight is 742 g/mol. The smallest absolute Gasteiger partial charge is 0.343 e. The van der Waals surface area contributed by atoms with Gasteiger partial charge in [-0.15, -0.1) is 0 Å². The first-order valence-electron chi connectivity index (χ1n) is 15.5. The Morgan fingerprint density at radius 2 is 1.74 bits per heavy atom. The van der Waals surface area contributed by atoms with E-state index in [9.17, 15) is 14.4 Å². The Kier molecular flexibility index (Phi) is 11.9. The van der Waals surface area contributed by atoms with E-state index >= 15 is 0 Å². The number of halogens is 2. The fourth-order valence-electron chi connectivity index (χ4n) is 5.27. The molecule has 262 valence electrons. The first kappa shape index (κ1) is 36.5. The SMILES string of the molecule is CCOC(=O)C1=C(C)N=c2s/c(=C/c3cccc(OC)c3OCc3ccc(Cl)c(Cl)c3)c(=O)n2[C@@H]1c1ccc(OCC(=O)OC)c(OCC)c1. The quantitative estimate of drug-likeness (QED) is 0.160. The maximum absolute atomic E-state index is 14.3. The summed E-state index contributed by atoms with van der Waals surface area (Å²) in [6.45, 7) is 5.44. The number of benzene rings is 3. The van der Waals surface area contributed by atoms with Gasteiger partial charge in [0.1, 0.15) is 6.61 Å². The maximum Gasteiger partial charge on any atom is 0.343 e. The number of hydrogen-bond donors (Lipinski definition) is 0. The normalized spacial score (nSPS) is 14.1. The van der Waals surface area contributed by atoms with Crippen LogP contribution < -0.4 is 33.8 Å². The van der Waals surface area contributed by atoms with Gasteiger partial charge in [0.05, 0.1) is 59.3 Å². The summed E-state index contributed by atoms with van der Waals surface area (Å²) in [6.07, 6.45) is 1.70. The summed E-state index contributed by atoms with van der Waals surface area (Å²) >= 11 is 13.5. The third-order valence-electron chi connectivity index (χ3n) is 7.56. The number of carbonyl (C=O) groups excluding carboxylic acids is 2. The molecule has 1 aliphatic rings. The molecule has 0 N–H and O–H groups in total. The van der Waals surface area contributed by atoms with E-state index in [0.29, 0.717) is 59.2 Å². The van der Waals surface area contributed by atoms with Crippen LogP contribution in [0.2, 0.25) is 10.0 Å². The Hall–Kier alpha value is -4.78. The predicted molar refractivity (Wildman–Crippen MR) is 189 cm³/mol. The van der Waals surface area contributed by atoms with E-state index in [1.165, 1.54) is 18.8 Å². The molecule has 3 aromatic carbocycles. The van der Waals surface area contributed by atoms with Crippen molar-refractivity contribution in [3.63, 3.8) is 0 Å². The van der Waals surface area contributed by atoms with Crippen molar-refractivity contribution in [1.82, 2.24) is 4.57 Å². The van der Waals surface area contributed by atoms with E-state index < -0.39 is 23.5 Å². The fourth-order valence-corrected chi connectivity index (χ4v) is 6.63. The van der Waals surface area contributed by atoms with Crippen LogP contribution in [0.1, 0.15) is 43.5 Å². The lowest BCUT2D eigenvalue weighted by Gasteiger charge is -2.25. The largest absolute Gasteiger partial charge is 0.493 e. The summed E-state index contributed by atoms with van der Waals surface area (Å²) in [5, 5.41) is 0.832. The average Bonchev–Trinajstić information content (AvgIpc) is 3.41. The molecule has 1 aromatic heterocycles. The molecule has 0 radical (unpaired) electrons. The number of carbonyl (C=O) groups is 2. The molecule has 1 atom stereocenters. The Morgan fingerprint density at radius 1 is 0.940 bits per heavy atom. The molecule has 0 saturated carbocycles. The standard InChI is InChI=1S/C36H34Cl2N2O9S/c1-6-46-28-16-22(12-14-26(28)48-19-30(41)45-5)32-31(35(43)47-7-2)20(3)39-36-40(32)34(42)29(50-36)17-23-9-8-10-27(44-4)33(23)49-18-21-11-13-24(37)25(38)15-21/h8-17,32H,6-7,18-19H2,1-5H3/b29-17+/t32-/m1/s1. The highest BCUT2D eigenvalue weighted by atomic mass is 35.5. The third-order valence-corrected chi connectivity index (χ3v) is 9.28. The van der Waals surface area contributed by atoms with Crippen LogP contribution >= 0.6 is 34.5 Å². The number of esters is 2. The Labute approximate surface area is 301 Å². The van der Waals surface area contributed by atoms with Crippen molar-refractivity contribution in [3.05, 3.63) is 112 Å². The molecule has 0 amide bonds. The fraction of sp³-hybridized carbons (Fsp3) is 0.278. The van der Waals surface area contributed by atoms with Crippen LogP contribution in [0.25, 0.3) is 6.08 Å². The summed E-state index contributed by atoms with van der Waals surface area (Å²) in [7, 11) is 2.79. The van der Waals surface area contributed by atoms with Crippen molar-refractivity contribution >= 4 is 52.6 Å². The first-order valence-corrected chi connectivity index (χ1v) is 17.1. The lowest BCUT2D eigenvalue weighted by Crippen LogP contribution is -2.40. The summed E-state index contributed by atoms with van der Waals surface area (Å²) in [4.78, 5) is 44.6. The van der Waals surface area contributed by atoms with Gasteiger partial charge in [0.15, 0.2) is 34.4 Å². The molecule has 0 unspecified atom stereocenters. The number of nitrogens with zero attached hydrogens (tertiary/aromatic N) is 2. The first-order chi connectivity index (χ1) is 24.1. The topological polar surface area (TPSA) is 124 Å². The molecule has 0 aliphatic carbocycles. The maximum atomic E-state index is 14.3. The number of ether oxygens (including phenoxy) is 6. The van der Waals surface area contributed by atoms with Gasteiger partial charge in [-0.25, -0.2) is 14.6 Å². The number of para-hydroxylation sites is 1. The van der Waals surface area contributed by atoms with E-state index in [1.807, 2.05) is 0 Å². The zero-order valence-corrected chi connectivity index (χ0v) is 30.2. The van der Waals surface area contributed by atoms with Crippen molar-refractivity contribution in [2.75, 3.05) is 34.0 Å². The number of methoxy groups -OCH3 is 2. The summed E-state index contributed by atoms with van der Waals surface area (Å²) < 4.78 is 35.2. The van der Waals surface area contributed by atoms with E-state index in [4.69, 9.17) is 46.9 Å². The second-order valence-electron chi connectivity index (χ2n) is 10.7. The van der Waals surface area contributed by atoms with Crippen molar-refractivity contribution in [1.29, 1.82) is 0 Å². The Morgan fingerprint density at radius 3 is 2.44 bits per heavy atom. The summed E-state index contributed by atoms with van der Waals surface area (Å²) in [5.41, 5.74) is 2.11. The molecule has 0 fully saturated rings. The van der Waals surface area contributed by atoms with E-state index in [0.717, 1.165) is 16.9 Å². The molecule has 4 aromatic rings. The van der Waals surface area contributed by atoms with Gasteiger partial charge in [-0.1, -0.05) is 58.8 Å². The lowest BCUT2D eigenvalue weighted by atomic mass is 9.95. The van der Waals surface area contributed by atoms with Gasteiger partial charge in [-0.3, -0.25) is 9.36 Å². The van der Waals surface area contributed by atoms with Gasteiger partial charge in [-0.05, 0) is 68.3 Å². The highest BCUT2D eigenvalue weighted by Crippen LogP contribution is 2.37. The predicted octanol–water partition coefficient (Wildman–Crippen LogP) is 5.64. The Bertz CT molecular complexity index is 2140. The molecule has 0 spiro atoms. The van der Waals surface area contributed by atoms with Crippen molar-refractivity contribution in [3.8, 4) is 23.0 Å². The minimum atomic E-state index is -0.919. The number of fused-ring (bicyclic) bond motifs is 1. The van der Waals surface area contributed by atoms with Gasteiger partial charge < -0.3 is 28.4 Å². The molecule has 0 bridgehead atoms. The molecular formula is C36H34Cl2N2O9S. The molecular weight excluding hydrogens is 707 g/mol. The second kappa shape index (κ2) is 16.3. The van der Waals surface area contributed by atoms with Crippen LogP contribution in [-0.4, -0.2) is 50.5 Å². The second-order valence-corrected chi connectivity index (χ2v) is 12.5. The number of hydrogen-bond acceptors (Lipinski definition) is 11. The summed E-state index contributed by atoms with van der Waals surface area (Å²) in [6, 6.07) is 14.6. The zero-order valence-electron chi connectivity index (χ0n) is 27.9. The number of aromatic nitrogens is 1. The van der Waals surface area contributed by atoms with Gasteiger partial charge in [0.25, 0.3) is 5.56 Å². The number of allylic oxidation sites excluding steroid dienone is 1. The minimum absolute atomic E-state index is 0.123. The van der Waals surface area contributed by atoms with Crippen LogP contribution in [0.3, 0.4) is 0 Å².